The summed E-state index contributed by atoms with van der Waals surface area (Å²) in [5.41, 5.74) is 2.59. The van der Waals surface area contributed by atoms with Gasteiger partial charge in [0.15, 0.2) is 22.3 Å². The maximum Gasteiger partial charge on any atom is 0.230 e. The lowest BCUT2D eigenvalue weighted by molar-refractivity contribution is -0.118. The van der Waals surface area contributed by atoms with Gasteiger partial charge in [0.2, 0.25) is 5.91 Å². The van der Waals surface area contributed by atoms with Gasteiger partial charge < -0.3 is 19.8 Å². The molecule has 1 amide bonds. The predicted octanol–water partition coefficient (Wildman–Crippen LogP) is 2.43. The number of amides is 1. The summed E-state index contributed by atoms with van der Waals surface area (Å²) in [6.07, 6.45) is 2.41. The van der Waals surface area contributed by atoms with Crippen LogP contribution < -0.4 is 14.8 Å². The molecule has 8 heteroatoms. The summed E-state index contributed by atoms with van der Waals surface area (Å²) in [5.74, 6) is 1.64. The summed E-state index contributed by atoms with van der Waals surface area (Å²) < 4.78 is 10.5. The second-order valence-corrected chi connectivity index (χ2v) is 6.46. The van der Waals surface area contributed by atoms with Crippen LogP contribution >= 0.6 is 11.8 Å². The molecule has 0 aliphatic rings. The Hall–Kier alpha value is -2.74. The fraction of sp³-hybridized carbons (Fsp3) is 0.278. The topological polar surface area (TPSA) is 89.1 Å². The van der Waals surface area contributed by atoms with Gasteiger partial charge in [-0.1, -0.05) is 17.8 Å². The number of thioether (sulfide) groups is 1. The van der Waals surface area contributed by atoms with Gasteiger partial charge in [-0.15, -0.1) is 0 Å². The fourth-order valence-electron chi connectivity index (χ4n) is 2.46. The van der Waals surface area contributed by atoms with Crippen molar-refractivity contribution in [2.75, 3.05) is 26.5 Å². The van der Waals surface area contributed by atoms with E-state index < -0.39 is 0 Å². The SMILES string of the molecule is COc1ccc(CCNC(=O)CSc2nc3ncccc3[nH]2)cc1OC. The van der Waals surface area contributed by atoms with E-state index in [-0.39, 0.29) is 5.91 Å². The number of fused-ring (bicyclic) bond motifs is 1. The Labute approximate surface area is 155 Å². The van der Waals surface area contributed by atoms with Crippen molar-refractivity contribution in [3.8, 4) is 11.5 Å². The Balaban J connectivity index is 1.45. The number of carbonyl (C=O) groups excluding carboxylic acids is 1. The highest BCUT2D eigenvalue weighted by atomic mass is 32.2. The van der Waals surface area contributed by atoms with Crippen molar-refractivity contribution >= 4 is 28.8 Å². The van der Waals surface area contributed by atoms with E-state index in [0.717, 1.165) is 11.1 Å². The van der Waals surface area contributed by atoms with Crippen LogP contribution in [0.4, 0.5) is 0 Å². The highest BCUT2D eigenvalue weighted by molar-refractivity contribution is 7.99. The van der Waals surface area contributed by atoms with Gasteiger partial charge in [0.1, 0.15) is 0 Å². The molecule has 0 radical (unpaired) electrons. The van der Waals surface area contributed by atoms with Gasteiger partial charge in [0.05, 0.1) is 25.5 Å². The number of hydrogen-bond acceptors (Lipinski definition) is 6. The van der Waals surface area contributed by atoms with E-state index in [1.807, 2.05) is 30.3 Å². The lowest BCUT2D eigenvalue weighted by Crippen LogP contribution is -2.27. The van der Waals surface area contributed by atoms with Gasteiger partial charge in [-0.2, -0.15) is 0 Å². The van der Waals surface area contributed by atoms with Crippen molar-refractivity contribution in [2.45, 2.75) is 11.6 Å². The molecular weight excluding hydrogens is 352 g/mol. The number of methoxy groups -OCH3 is 2. The molecule has 7 nitrogen and oxygen atoms in total. The minimum absolute atomic E-state index is 0.0381. The van der Waals surface area contributed by atoms with Gasteiger partial charge >= 0.3 is 0 Å². The molecule has 0 fully saturated rings. The number of nitrogens with zero attached hydrogens (tertiary/aromatic N) is 2. The zero-order valence-corrected chi connectivity index (χ0v) is 15.4. The average molecular weight is 372 g/mol. The third-order valence-corrected chi connectivity index (χ3v) is 4.63. The molecular formula is C18H20N4O3S. The monoisotopic (exact) mass is 372 g/mol. The normalized spacial score (nSPS) is 10.7. The first-order chi connectivity index (χ1) is 12.7. The number of pyridine rings is 1. The summed E-state index contributed by atoms with van der Waals surface area (Å²) in [7, 11) is 3.21. The molecule has 0 aliphatic heterocycles. The Kier molecular flexibility index (Phi) is 5.96. The summed E-state index contributed by atoms with van der Waals surface area (Å²) >= 11 is 1.36. The molecule has 0 bridgehead atoms. The summed E-state index contributed by atoms with van der Waals surface area (Å²) in [5, 5.41) is 3.60. The van der Waals surface area contributed by atoms with Gasteiger partial charge in [0.25, 0.3) is 0 Å². The summed E-state index contributed by atoms with van der Waals surface area (Å²) in [4.78, 5) is 23.7. The van der Waals surface area contributed by atoms with Gasteiger partial charge in [0, 0.05) is 12.7 Å². The van der Waals surface area contributed by atoms with Crippen LogP contribution in [0.2, 0.25) is 0 Å². The molecule has 3 rings (SSSR count). The standard InChI is InChI=1S/C18H20N4O3S/c1-24-14-6-5-12(10-15(14)25-2)7-9-19-16(23)11-26-18-21-13-4-3-8-20-17(13)22-18/h3-6,8,10H,7,9,11H2,1-2H3,(H,19,23)(H,20,21,22). The molecule has 3 aromatic rings. The second-order valence-electron chi connectivity index (χ2n) is 5.49. The first kappa shape index (κ1) is 18.1. The van der Waals surface area contributed by atoms with E-state index in [0.29, 0.717) is 41.0 Å². The molecule has 136 valence electrons. The van der Waals surface area contributed by atoms with Gasteiger partial charge in [-0.3, -0.25) is 4.79 Å². The second kappa shape index (κ2) is 8.57. The van der Waals surface area contributed by atoms with Crippen molar-refractivity contribution in [3.05, 3.63) is 42.1 Å². The number of imidazole rings is 1. The predicted molar refractivity (Wildman–Crippen MR) is 101 cm³/mol. The number of nitrogens with one attached hydrogen (secondary N) is 2. The Morgan fingerprint density at radius 2 is 2.08 bits per heavy atom. The number of H-pyrrole nitrogens is 1. The van der Waals surface area contributed by atoms with Crippen molar-refractivity contribution in [1.82, 2.24) is 20.3 Å². The van der Waals surface area contributed by atoms with E-state index in [9.17, 15) is 4.79 Å². The van der Waals surface area contributed by atoms with Gasteiger partial charge in [-0.05, 0) is 36.2 Å². The van der Waals surface area contributed by atoms with Crippen molar-refractivity contribution in [1.29, 1.82) is 0 Å². The maximum atomic E-state index is 12.0. The van der Waals surface area contributed by atoms with Crippen LogP contribution in [-0.2, 0) is 11.2 Å². The highest BCUT2D eigenvalue weighted by Gasteiger charge is 2.08. The lowest BCUT2D eigenvalue weighted by Gasteiger charge is -2.10. The van der Waals surface area contributed by atoms with Crippen molar-refractivity contribution in [3.63, 3.8) is 0 Å². The number of aromatic nitrogens is 3. The molecule has 0 atom stereocenters. The largest absolute Gasteiger partial charge is 0.493 e. The molecule has 0 saturated carbocycles. The molecule has 26 heavy (non-hydrogen) atoms. The first-order valence-corrected chi connectivity index (χ1v) is 9.09. The van der Waals surface area contributed by atoms with Crippen molar-refractivity contribution in [2.24, 2.45) is 0 Å². The quantitative estimate of drug-likeness (QED) is 0.591. The Morgan fingerprint density at radius 1 is 1.23 bits per heavy atom. The minimum atomic E-state index is -0.0381. The van der Waals surface area contributed by atoms with Crippen LogP contribution in [0.25, 0.3) is 11.2 Å². The van der Waals surface area contributed by atoms with E-state index >= 15 is 0 Å². The number of carbonyl (C=O) groups is 1. The smallest absolute Gasteiger partial charge is 0.230 e. The van der Waals surface area contributed by atoms with Crippen LogP contribution in [0.3, 0.4) is 0 Å². The van der Waals surface area contributed by atoms with Crippen LogP contribution in [-0.4, -0.2) is 47.4 Å². The summed E-state index contributed by atoms with van der Waals surface area (Å²) in [6.45, 7) is 0.552. The van der Waals surface area contributed by atoms with E-state index in [1.54, 1.807) is 20.4 Å². The number of benzene rings is 1. The molecule has 0 aliphatic carbocycles. The molecule has 0 spiro atoms. The fourth-order valence-corrected chi connectivity index (χ4v) is 3.16. The number of ether oxygens (including phenoxy) is 2. The lowest BCUT2D eigenvalue weighted by atomic mass is 10.1. The molecule has 1 aromatic carbocycles. The molecule has 2 aromatic heterocycles. The van der Waals surface area contributed by atoms with Crippen LogP contribution in [0, 0.1) is 0 Å². The zero-order valence-electron chi connectivity index (χ0n) is 14.6. The van der Waals surface area contributed by atoms with Crippen molar-refractivity contribution < 1.29 is 14.3 Å². The third-order valence-electron chi connectivity index (χ3n) is 3.76. The van der Waals surface area contributed by atoms with E-state index in [1.165, 1.54) is 11.8 Å². The minimum Gasteiger partial charge on any atom is -0.493 e. The third kappa shape index (κ3) is 4.45. The highest BCUT2D eigenvalue weighted by Crippen LogP contribution is 2.27. The number of rotatable bonds is 8. The maximum absolute atomic E-state index is 12.0. The molecule has 2 N–H and O–H groups in total. The van der Waals surface area contributed by atoms with E-state index in [4.69, 9.17) is 9.47 Å². The number of hydrogen-bond donors (Lipinski definition) is 2. The zero-order chi connectivity index (χ0) is 18.4. The van der Waals surface area contributed by atoms with E-state index in [2.05, 4.69) is 20.3 Å². The Morgan fingerprint density at radius 3 is 2.85 bits per heavy atom. The number of aromatic amines is 1. The molecule has 2 heterocycles. The van der Waals surface area contributed by atoms with Crippen LogP contribution in [0.1, 0.15) is 5.56 Å². The first-order valence-electron chi connectivity index (χ1n) is 8.10. The molecule has 0 unspecified atom stereocenters. The summed E-state index contributed by atoms with van der Waals surface area (Å²) in [6, 6.07) is 9.49. The van der Waals surface area contributed by atoms with Crippen LogP contribution in [0.5, 0.6) is 11.5 Å². The molecule has 0 saturated heterocycles. The van der Waals surface area contributed by atoms with Gasteiger partial charge in [-0.25, -0.2) is 9.97 Å². The average Bonchev–Trinajstić information content (AvgIpc) is 3.09. The Bertz CT molecular complexity index is 864. The van der Waals surface area contributed by atoms with Crippen LogP contribution in [0.15, 0.2) is 41.7 Å².